The summed E-state index contributed by atoms with van der Waals surface area (Å²) >= 11 is 0.862. The standard InChI is InChI=1S/C5H9FO3S/c6-3-4(8)2(1-7)10-5(3)9/h2-5,7-9H,1H2/t2-,3+,4-,5?/m1/s1. The number of thioether (sulfide) groups is 1. The molecule has 0 aliphatic carbocycles. The number of alkyl halides is 1. The number of hydrogen-bond acceptors (Lipinski definition) is 4. The zero-order valence-corrected chi connectivity index (χ0v) is 5.96. The van der Waals surface area contributed by atoms with Crippen LogP contribution in [0.1, 0.15) is 0 Å². The van der Waals surface area contributed by atoms with Gasteiger partial charge in [-0.2, -0.15) is 0 Å². The molecule has 60 valence electrons. The maximum absolute atomic E-state index is 12.5. The molecule has 0 radical (unpaired) electrons. The molecule has 0 aromatic rings. The molecule has 4 atom stereocenters. The molecular formula is C5H9FO3S. The molecule has 0 saturated carbocycles. The van der Waals surface area contributed by atoms with E-state index in [9.17, 15) is 4.39 Å². The lowest BCUT2D eigenvalue weighted by Crippen LogP contribution is -2.30. The molecule has 10 heavy (non-hydrogen) atoms. The first kappa shape index (κ1) is 8.26. The Morgan fingerprint density at radius 1 is 1.40 bits per heavy atom. The molecule has 1 fully saturated rings. The van der Waals surface area contributed by atoms with Crippen molar-refractivity contribution in [2.24, 2.45) is 0 Å². The van der Waals surface area contributed by atoms with Crippen LogP contribution in [-0.2, 0) is 0 Å². The summed E-state index contributed by atoms with van der Waals surface area (Å²) < 4.78 is 12.5. The van der Waals surface area contributed by atoms with E-state index in [4.69, 9.17) is 15.3 Å². The number of hydrogen-bond donors (Lipinski definition) is 3. The van der Waals surface area contributed by atoms with Crippen molar-refractivity contribution in [1.29, 1.82) is 0 Å². The number of aliphatic hydroxyl groups is 3. The van der Waals surface area contributed by atoms with E-state index in [2.05, 4.69) is 0 Å². The molecule has 0 amide bonds. The zero-order valence-electron chi connectivity index (χ0n) is 5.14. The van der Waals surface area contributed by atoms with Crippen molar-refractivity contribution in [3.63, 3.8) is 0 Å². The van der Waals surface area contributed by atoms with Gasteiger partial charge in [0, 0.05) is 0 Å². The molecule has 1 aliphatic heterocycles. The third-order valence-electron chi connectivity index (χ3n) is 1.47. The van der Waals surface area contributed by atoms with Gasteiger partial charge in [-0.15, -0.1) is 11.8 Å². The topological polar surface area (TPSA) is 60.7 Å². The van der Waals surface area contributed by atoms with Crippen molar-refractivity contribution in [2.45, 2.75) is 23.0 Å². The van der Waals surface area contributed by atoms with Crippen molar-refractivity contribution >= 4 is 11.8 Å². The van der Waals surface area contributed by atoms with Gasteiger partial charge in [0.2, 0.25) is 0 Å². The summed E-state index contributed by atoms with van der Waals surface area (Å²) in [5.41, 5.74) is -1.19. The molecular weight excluding hydrogens is 159 g/mol. The van der Waals surface area contributed by atoms with E-state index < -0.39 is 23.0 Å². The first-order chi connectivity index (χ1) is 4.66. The van der Waals surface area contributed by atoms with E-state index in [1.54, 1.807) is 0 Å². The van der Waals surface area contributed by atoms with Crippen LogP contribution in [0.5, 0.6) is 0 Å². The van der Waals surface area contributed by atoms with Crippen molar-refractivity contribution in [3.8, 4) is 0 Å². The number of aliphatic hydroxyl groups excluding tert-OH is 3. The second kappa shape index (κ2) is 3.04. The van der Waals surface area contributed by atoms with E-state index in [1.807, 2.05) is 0 Å². The third-order valence-corrected chi connectivity index (χ3v) is 2.79. The van der Waals surface area contributed by atoms with Crippen LogP contribution in [-0.4, -0.2) is 44.9 Å². The summed E-state index contributed by atoms with van der Waals surface area (Å²) in [5, 5.41) is 25.6. The highest BCUT2D eigenvalue weighted by Crippen LogP contribution is 2.34. The predicted octanol–water partition coefficient (Wildman–Crippen LogP) is -0.889. The summed E-state index contributed by atoms with van der Waals surface area (Å²) in [6.07, 6.45) is -2.85. The molecule has 1 saturated heterocycles. The van der Waals surface area contributed by atoms with Crippen LogP contribution >= 0.6 is 11.8 Å². The van der Waals surface area contributed by atoms with Gasteiger partial charge in [0.1, 0.15) is 11.5 Å². The third kappa shape index (κ3) is 1.27. The van der Waals surface area contributed by atoms with Crippen LogP contribution in [0.25, 0.3) is 0 Å². The van der Waals surface area contributed by atoms with Gasteiger partial charge in [-0.3, -0.25) is 0 Å². The minimum Gasteiger partial charge on any atom is -0.395 e. The van der Waals surface area contributed by atoms with Crippen molar-refractivity contribution < 1.29 is 19.7 Å². The Bertz CT molecular complexity index is 123. The van der Waals surface area contributed by atoms with Crippen LogP contribution in [0, 0.1) is 0 Å². The maximum Gasteiger partial charge on any atom is 0.162 e. The Kier molecular flexibility index (Phi) is 2.51. The quantitative estimate of drug-likeness (QED) is 0.475. The van der Waals surface area contributed by atoms with Crippen molar-refractivity contribution in [2.75, 3.05) is 6.61 Å². The SMILES string of the molecule is OC[C@H]1SC(O)[C@@H](F)[C@@H]1O. The molecule has 3 N–H and O–H groups in total. The van der Waals surface area contributed by atoms with Crippen LogP contribution < -0.4 is 0 Å². The first-order valence-corrected chi connectivity index (χ1v) is 3.87. The lowest BCUT2D eigenvalue weighted by atomic mass is 10.2. The molecule has 1 heterocycles. The van der Waals surface area contributed by atoms with Crippen molar-refractivity contribution in [3.05, 3.63) is 0 Å². The molecule has 3 nitrogen and oxygen atoms in total. The molecule has 0 aromatic heterocycles. The van der Waals surface area contributed by atoms with Gasteiger partial charge in [-0.05, 0) is 0 Å². The Labute approximate surface area is 61.9 Å². The second-order valence-electron chi connectivity index (χ2n) is 2.18. The minimum absolute atomic E-state index is 0.302. The summed E-state index contributed by atoms with van der Waals surface area (Å²) in [5.74, 6) is 0. The second-order valence-corrected chi connectivity index (χ2v) is 3.54. The van der Waals surface area contributed by atoms with E-state index >= 15 is 0 Å². The fourth-order valence-electron chi connectivity index (χ4n) is 0.859. The van der Waals surface area contributed by atoms with Gasteiger partial charge in [0.05, 0.1) is 11.9 Å². The predicted molar refractivity (Wildman–Crippen MR) is 35.4 cm³/mol. The van der Waals surface area contributed by atoms with E-state index in [0.29, 0.717) is 0 Å². The highest BCUT2D eigenvalue weighted by Gasteiger charge is 2.42. The highest BCUT2D eigenvalue weighted by molar-refractivity contribution is 8.00. The maximum atomic E-state index is 12.5. The van der Waals surface area contributed by atoms with Gasteiger partial charge in [0.15, 0.2) is 6.17 Å². The Hall–Kier alpha value is 0.160. The average Bonchev–Trinajstić information content (AvgIpc) is 2.17. The molecule has 1 rings (SSSR count). The van der Waals surface area contributed by atoms with E-state index in [-0.39, 0.29) is 6.61 Å². The summed E-state index contributed by atoms with van der Waals surface area (Å²) in [7, 11) is 0. The fraction of sp³-hybridized carbons (Fsp3) is 1.00. The van der Waals surface area contributed by atoms with Gasteiger partial charge < -0.3 is 15.3 Å². The normalized spacial score (nSPS) is 48.0. The molecule has 1 unspecified atom stereocenters. The van der Waals surface area contributed by atoms with E-state index in [1.165, 1.54) is 0 Å². The smallest absolute Gasteiger partial charge is 0.162 e. The average molecular weight is 168 g/mol. The fourth-order valence-corrected chi connectivity index (χ4v) is 1.93. The van der Waals surface area contributed by atoms with Crippen LogP contribution in [0.3, 0.4) is 0 Å². The van der Waals surface area contributed by atoms with Crippen molar-refractivity contribution in [1.82, 2.24) is 0 Å². The summed E-state index contributed by atoms with van der Waals surface area (Å²) in [6.45, 7) is -0.302. The van der Waals surface area contributed by atoms with Gasteiger partial charge in [0.25, 0.3) is 0 Å². The van der Waals surface area contributed by atoms with Gasteiger partial charge in [-0.1, -0.05) is 0 Å². The largest absolute Gasteiger partial charge is 0.395 e. The van der Waals surface area contributed by atoms with Crippen LogP contribution in [0.2, 0.25) is 0 Å². The number of rotatable bonds is 1. The molecule has 0 aromatic carbocycles. The molecule has 0 spiro atoms. The van der Waals surface area contributed by atoms with E-state index in [0.717, 1.165) is 11.8 Å². The molecule has 0 bridgehead atoms. The highest BCUT2D eigenvalue weighted by atomic mass is 32.2. The van der Waals surface area contributed by atoms with Gasteiger partial charge in [-0.25, -0.2) is 4.39 Å². The molecule has 1 aliphatic rings. The van der Waals surface area contributed by atoms with Crippen LogP contribution in [0.4, 0.5) is 4.39 Å². The Balaban J connectivity index is 2.53. The Morgan fingerprint density at radius 2 is 2.00 bits per heavy atom. The van der Waals surface area contributed by atoms with Crippen LogP contribution in [0.15, 0.2) is 0 Å². The number of halogens is 1. The first-order valence-electron chi connectivity index (χ1n) is 2.93. The lowest BCUT2D eigenvalue weighted by Gasteiger charge is -2.09. The molecule has 5 heteroatoms. The Morgan fingerprint density at radius 3 is 2.20 bits per heavy atom. The zero-order chi connectivity index (χ0) is 7.72. The summed E-state index contributed by atoms with van der Waals surface area (Å²) in [6, 6.07) is 0. The lowest BCUT2D eigenvalue weighted by molar-refractivity contribution is 0.0335. The minimum atomic E-state index is -1.62. The monoisotopic (exact) mass is 168 g/mol. The summed E-state index contributed by atoms with van der Waals surface area (Å²) in [4.78, 5) is 0. The van der Waals surface area contributed by atoms with Gasteiger partial charge >= 0.3 is 0 Å².